The number of hydrogen-bond acceptors (Lipinski definition) is 6. The number of carbonyl (C=O) groups is 3. The molecule has 0 radical (unpaired) electrons. The number of hydrogen-bond donors (Lipinski definition) is 2. The van der Waals surface area contributed by atoms with E-state index >= 15 is 0 Å². The summed E-state index contributed by atoms with van der Waals surface area (Å²) >= 11 is 0. The van der Waals surface area contributed by atoms with Crippen molar-refractivity contribution in [2.45, 2.75) is 6.42 Å². The van der Waals surface area contributed by atoms with Crippen LogP contribution in [-0.2, 0) is 9.59 Å². The van der Waals surface area contributed by atoms with Crippen molar-refractivity contribution >= 4 is 23.3 Å². The van der Waals surface area contributed by atoms with Gasteiger partial charge in [-0.2, -0.15) is 0 Å². The molecular formula is C15H13N3O6. The fourth-order valence-corrected chi connectivity index (χ4v) is 2.95. The van der Waals surface area contributed by atoms with Gasteiger partial charge < -0.3 is 10.4 Å². The standard InChI is InChI=1S/C15H13N3O6/c19-11(20)7-10-12(14-16-5-6-17(14)15(10)22)13(21)8-1-3-9(4-2-8)18(23)24/h1-4,10,16H,5-7H2,(H,19,20)/t10-/m0/s1. The summed E-state index contributed by atoms with van der Waals surface area (Å²) in [6.45, 7) is 0.860. The number of aliphatic carboxylic acids is 1. The zero-order chi connectivity index (χ0) is 17.4. The monoisotopic (exact) mass is 331 g/mol. The molecule has 9 heteroatoms. The van der Waals surface area contributed by atoms with E-state index in [0.717, 1.165) is 0 Å². The first-order valence-corrected chi connectivity index (χ1v) is 7.20. The van der Waals surface area contributed by atoms with Gasteiger partial charge in [0.05, 0.1) is 22.8 Å². The van der Waals surface area contributed by atoms with Gasteiger partial charge in [-0.1, -0.05) is 0 Å². The number of non-ortho nitro benzene ring substituents is 1. The van der Waals surface area contributed by atoms with E-state index in [9.17, 15) is 24.5 Å². The van der Waals surface area contributed by atoms with E-state index in [1.165, 1.54) is 29.2 Å². The summed E-state index contributed by atoms with van der Waals surface area (Å²) in [7, 11) is 0. The zero-order valence-electron chi connectivity index (χ0n) is 12.4. The maximum absolute atomic E-state index is 12.8. The maximum Gasteiger partial charge on any atom is 0.304 e. The van der Waals surface area contributed by atoms with Gasteiger partial charge in [-0.25, -0.2) is 0 Å². The third-order valence-electron chi connectivity index (χ3n) is 4.03. The van der Waals surface area contributed by atoms with Crippen LogP contribution in [0.3, 0.4) is 0 Å². The Morgan fingerprint density at radius 1 is 1.33 bits per heavy atom. The van der Waals surface area contributed by atoms with Gasteiger partial charge in [0.2, 0.25) is 5.91 Å². The number of carboxylic acids is 1. The maximum atomic E-state index is 12.8. The topological polar surface area (TPSA) is 130 Å². The van der Waals surface area contributed by atoms with Crippen LogP contribution in [0.25, 0.3) is 0 Å². The van der Waals surface area contributed by atoms with Crippen LogP contribution < -0.4 is 5.32 Å². The Labute approximate surface area is 135 Å². The first-order chi connectivity index (χ1) is 11.4. The molecule has 2 heterocycles. The number of amides is 1. The highest BCUT2D eigenvalue weighted by Gasteiger charge is 2.45. The lowest BCUT2D eigenvalue weighted by atomic mass is 9.90. The Kier molecular flexibility index (Phi) is 3.76. The number of benzene rings is 1. The van der Waals surface area contributed by atoms with Gasteiger partial charge in [0, 0.05) is 30.8 Å². The number of nitro benzene ring substituents is 1. The number of carbonyl (C=O) groups excluding carboxylic acids is 2. The Morgan fingerprint density at radius 2 is 2.00 bits per heavy atom. The van der Waals surface area contributed by atoms with Crippen LogP contribution in [0.15, 0.2) is 35.7 Å². The number of nitro groups is 1. The normalized spacial score (nSPS) is 19.2. The second kappa shape index (κ2) is 5.76. The fourth-order valence-electron chi connectivity index (χ4n) is 2.95. The summed E-state index contributed by atoms with van der Waals surface area (Å²) in [6, 6.07) is 4.99. The molecule has 0 bridgehead atoms. The highest BCUT2D eigenvalue weighted by atomic mass is 16.6. The third-order valence-corrected chi connectivity index (χ3v) is 4.03. The van der Waals surface area contributed by atoms with Crippen molar-refractivity contribution in [1.29, 1.82) is 0 Å². The van der Waals surface area contributed by atoms with E-state index in [2.05, 4.69) is 5.32 Å². The predicted molar refractivity (Wildman–Crippen MR) is 79.9 cm³/mol. The molecule has 0 aromatic heterocycles. The van der Waals surface area contributed by atoms with Crippen molar-refractivity contribution < 1.29 is 24.4 Å². The van der Waals surface area contributed by atoms with Crippen molar-refractivity contribution in [1.82, 2.24) is 10.2 Å². The number of ketones is 1. The van der Waals surface area contributed by atoms with Gasteiger partial charge in [0.1, 0.15) is 5.82 Å². The van der Waals surface area contributed by atoms with Gasteiger partial charge in [0.15, 0.2) is 5.78 Å². The molecule has 24 heavy (non-hydrogen) atoms. The molecule has 124 valence electrons. The average Bonchev–Trinajstić information content (AvgIpc) is 3.10. The quantitative estimate of drug-likeness (QED) is 0.457. The molecule has 2 aliphatic heterocycles. The van der Waals surface area contributed by atoms with Crippen molar-refractivity contribution in [3.63, 3.8) is 0 Å². The smallest absolute Gasteiger partial charge is 0.304 e. The zero-order valence-corrected chi connectivity index (χ0v) is 12.4. The lowest BCUT2D eigenvalue weighted by Gasteiger charge is -2.12. The SMILES string of the molecule is O=C(O)C[C@@H]1C(=O)N2CCNC2=C1C(=O)c1ccc([N+](=O)[O-])cc1. The molecule has 0 aliphatic carbocycles. The van der Waals surface area contributed by atoms with Crippen LogP contribution in [-0.4, -0.2) is 45.7 Å². The van der Waals surface area contributed by atoms with E-state index in [0.29, 0.717) is 18.9 Å². The molecule has 2 aliphatic rings. The van der Waals surface area contributed by atoms with Crippen LogP contribution in [0, 0.1) is 16.0 Å². The summed E-state index contributed by atoms with van der Waals surface area (Å²) in [5.74, 6) is -2.80. The molecule has 0 spiro atoms. The Morgan fingerprint density at radius 3 is 2.58 bits per heavy atom. The Bertz CT molecular complexity index is 783. The second-order valence-corrected chi connectivity index (χ2v) is 5.46. The van der Waals surface area contributed by atoms with Gasteiger partial charge in [0.25, 0.3) is 5.69 Å². The summed E-state index contributed by atoms with van der Waals surface area (Å²) in [5.41, 5.74) is 0.116. The van der Waals surface area contributed by atoms with Crippen LogP contribution in [0.1, 0.15) is 16.8 Å². The van der Waals surface area contributed by atoms with Crippen LogP contribution in [0.5, 0.6) is 0 Å². The molecule has 1 saturated heterocycles. The highest BCUT2D eigenvalue weighted by Crippen LogP contribution is 2.35. The Balaban J connectivity index is 1.98. The minimum absolute atomic E-state index is 0.105. The minimum Gasteiger partial charge on any atom is -0.481 e. The summed E-state index contributed by atoms with van der Waals surface area (Å²) in [5, 5.41) is 22.7. The summed E-state index contributed by atoms with van der Waals surface area (Å²) in [4.78, 5) is 47.7. The van der Waals surface area contributed by atoms with E-state index in [4.69, 9.17) is 5.11 Å². The molecule has 1 atom stereocenters. The molecule has 0 unspecified atom stereocenters. The number of nitrogens with one attached hydrogen (secondary N) is 1. The van der Waals surface area contributed by atoms with Gasteiger partial charge in [-0.15, -0.1) is 0 Å². The third kappa shape index (κ3) is 2.49. The molecular weight excluding hydrogens is 318 g/mol. The molecule has 1 aromatic carbocycles. The largest absolute Gasteiger partial charge is 0.481 e. The molecule has 1 fully saturated rings. The molecule has 1 aromatic rings. The summed E-state index contributed by atoms with van der Waals surface area (Å²) < 4.78 is 0. The van der Waals surface area contributed by atoms with E-state index in [-0.39, 0.29) is 16.8 Å². The van der Waals surface area contributed by atoms with Gasteiger partial charge >= 0.3 is 5.97 Å². The first kappa shape index (κ1) is 15.7. The molecule has 1 amide bonds. The fraction of sp³-hybridized carbons (Fsp3) is 0.267. The number of Topliss-reactive ketones (excluding diaryl/α,β-unsaturated/α-hetero) is 1. The van der Waals surface area contributed by atoms with Gasteiger partial charge in [-0.05, 0) is 12.1 Å². The van der Waals surface area contributed by atoms with Crippen molar-refractivity contribution in [2.24, 2.45) is 5.92 Å². The first-order valence-electron chi connectivity index (χ1n) is 7.20. The number of nitrogens with zero attached hydrogens (tertiary/aromatic N) is 2. The summed E-state index contributed by atoms with van der Waals surface area (Å²) in [6.07, 6.45) is -0.478. The van der Waals surface area contributed by atoms with Crippen molar-refractivity contribution in [3.05, 3.63) is 51.3 Å². The average molecular weight is 331 g/mol. The Hall–Kier alpha value is -3.23. The van der Waals surface area contributed by atoms with E-state index in [1.54, 1.807) is 0 Å². The molecule has 3 rings (SSSR count). The number of fused-ring (bicyclic) bond motifs is 1. The van der Waals surface area contributed by atoms with Gasteiger partial charge in [-0.3, -0.25) is 29.4 Å². The highest BCUT2D eigenvalue weighted by molar-refractivity contribution is 6.15. The van der Waals surface area contributed by atoms with Crippen molar-refractivity contribution in [3.8, 4) is 0 Å². The van der Waals surface area contributed by atoms with E-state index in [1.807, 2.05) is 0 Å². The van der Waals surface area contributed by atoms with Crippen LogP contribution >= 0.6 is 0 Å². The van der Waals surface area contributed by atoms with E-state index < -0.39 is 34.9 Å². The molecule has 9 nitrogen and oxygen atoms in total. The minimum atomic E-state index is -1.18. The number of rotatable bonds is 5. The number of carboxylic acid groups (broad SMARTS) is 1. The second-order valence-electron chi connectivity index (χ2n) is 5.46. The van der Waals surface area contributed by atoms with Crippen molar-refractivity contribution in [2.75, 3.05) is 13.1 Å². The molecule has 0 saturated carbocycles. The predicted octanol–water partition coefficient (Wildman–Crippen LogP) is 0.525. The lowest BCUT2D eigenvalue weighted by Crippen LogP contribution is -2.29. The molecule has 2 N–H and O–H groups in total. The lowest BCUT2D eigenvalue weighted by molar-refractivity contribution is -0.384. The van der Waals surface area contributed by atoms with Crippen LogP contribution in [0.4, 0.5) is 5.69 Å². The van der Waals surface area contributed by atoms with Crippen LogP contribution in [0.2, 0.25) is 0 Å².